The van der Waals surface area contributed by atoms with Crippen LogP contribution in [0.5, 0.6) is 0 Å². The molecule has 0 radical (unpaired) electrons. The minimum atomic E-state index is 0.595. The lowest BCUT2D eigenvalue weighted by molar-refractivity contribution is 0.551. The zero-order valence-electron chi connectivity index (χ0n) is 8.76. The zero-order valence-corrected chi connectivity index (χ0v) is 9.65. The fraction of sp³-hybridized carbons (Fsp3) is 0.0769. The average Bonchev–Trinajstić information content (AvgIpc) is 2.83. The van der Waals surface area contributed by atoms with Crippen LogP contribution in [-0.4, -0.2) is 0 Å². The van der Waals surface area contributed by atoms with Crippen LogP contribution in [0.1, 0.15) is 11.3 Å². The van der Waals surface area contributed by atoms with Crippen LogP contribution in [0.3, 0.4) is 0 Å². The van der Waals surface area contributed by atoms with Crippen molar-refractivity contribution in [2.45, 2.75) is 6.42 Å². The van der Waals surface area contributed by atoms with Crippen molar-refractivity contribution in [1.29, 1.82) is 0 Å². The van der Waals surface area contributed by atoms with Gasteiger partial charge in [-0.15, -0.1) is 12.6 Å². The van der Waals surface area contributed by atoms with Gasteiger partial charge in [0.05, 0.1) is 12.0 Å². The van der Waals surface area contributed by atoms with Crippen LogP contribution in [0.2, 0.25) is 0 Å². The zero-order chi connectivity index (χ0) is 11.4. The number of benzene rings is 1. The molecule has 3 heteroatoms. The maximum Gasteiger partial charge on any atom is 0.150 e. The Kier molecular flexibility index (Phi) is 3.37. The van der Waals surface area contributed by atoms with Gasteiger partial charge < -0.3 is 10.2 Å². The van der Waals surface area contributed by atoms with Crippen molar-refractivity contribution >= 4 is 18.3 Å². The Hall–Kier alpha value is -1.61. The lowest BCUT2D eigenvalue weighted by Gasteiger charge is -2.04. The standard InChI is InChI=1S/C13H13NOS/c14-13(11-7-4-8-15-11)12(16)9-10-5-2-1-3-6-10/h1-8,16H,9,14H2/b13-12-. The van der Waals surface area contributed by atoms with E-state index in [9.17, 15) is 0 Å². The first-order valence-electron chi connectivity index (χ1n) is 5.03. The van der Waals surface area contributed by atoms with Crippen molar-refractivity contribution in [2.24, 2.45) is 5.73 Å². The second-order valence-corrected chi connectivity index (χ2v) is 4.04. The smallest absolute Gasteiger partial charge is 0.150 e. The monoisotopic (exact) mass is 231 g/mol. The highest BCUT2D eigenvalue weighted by Crippen LogP contribution is 2.20. The van der Waals surface area contributed by atoms with Gasteiger partial charge in [-0.1, -0.05) is 30.3 Å². The van der Waals surface area contributed by atoms with Gasteiger partial charge in [0.2, 0.25) is 0 Å². The van der Waals surface area contributed by atoms with Crippen molar-refractivity contribution in [1.82, 2.24) is 0 Å². The molecule has 0 fully saturated rings. The van der Waals surface area contributed by atoms with Crippen LogP contribution < -0.4 is 5.73 Å². The molecule has 0 saturated heterocycles. The summed E-state index contributed by atoms with van der Waals surface area (Å²) in [6, 6.07) is 13.7. The normalized spacial score (nSPS) is 12.3. The molecular weight excluding hydrogens is 218 g/mol. The van der Waals surface area contributed by atoms with Gasteiger partial charge >= 0.3 is 0 Å². The number of furan rings is 1. The Morgan fingerprint density at radius 1 is 1.12 bits per heavy atom. The van der Waals surface area contributed by atoms with Crippen molar-refractivity contribution in [3.05, 3.63) is 65.0 Å². The summed E-state index contributed by atoms with van der Waals surface area (Å²) >= 11 is 4.42. The van der Waals surface area contributed by atoms with E-state index in [1.807, 2.05) is 42.5 Å². The SMILES string of the molecule is N/C(=C(\S)Cc1ccccc1)c1ccco1. The molecule has 2 nitrogen and oxygen atoms in total. The van der Waals surface area contributed by atoms with E-state index < -0.39 is 0 Å². The van der Waals surface area contributed by atoms with Crippen LogP contribution in [0.4, 0.5) is 0 Å². The van der Waals surface area contributed by atoms with Crippen molar-refractivity contribution in [2.75, 3.05) is 0 Å². The van der Waals surface area contributed by atoms with Gasteiger partial charge in [0.1, 0.15) is 5.76 Å². The minimum absolute atomic E-state index is 0.595. The van der Waals surface area contributed by atoms with Gasteiger partial charge in [0, 0.05) is 11.3 Å². The summed E-state index contributed by atoms with van der Waals surface area (Å²) in [5.41, 5.74) is 7.72. The summed E-state index contributed by atoms with van der Waals surface area (Å²) in [6.45, 7) is 0. The highest BCUT2D eigenvalue weighted by Gasteiger charge is 2.05. The summed E-state index contributed by atoms with van der Waals surface area (Å²) in [6.07, 6.45) is 2.32. The molecule has 0 aliphatic carbocycles. The number of thiol groups is 1. The minimum Gasteiger partial charge on any atom is -0.463 e. The first-order valence-corrected chi connectivity index (χ1v) is 5.47. The fourth-order valence-electron chi connectivity index (χ4n) is 1.46. The number of nitrogens with two attached hydrogens (primary N) is 1. The average molecular weight is 231 g/mol. The Bertz CT molecular complexity index is 474. The van der Waals surface area contributed by atoms with E-state index in [2.05, 4.69) is 12.6 Å². The third-order valence-corrected chi connectivity index (χ3v) is 2.71. The maximum absolute atomic E-state index is 5.94. The van der Waals surface area contributed by atoms with E-state index in [0.29, 0.717) is 11.5 Å². The molecule has 16 heavy (non-hydrogen) atoms. The molecule has 1 heterocycles. The second-order valence-electron chi connectivity index (χ2n) is 3.50. The Morgan fingerprint density at radius 3 is 2.50 bits per heavy atom. The maximum atomic E-state index is 5.94. The van der Waals surface area contributed by atoms with E-state index in [0.717, 1.165) is 11.3 Å². The molecule has 1 aromatic heterocycles. The Morgan fingerprint density at radius 2 is 1.88 bits per heavy atom. The van der Waals surface area contributed by atoms with Crippen LogP contribution in [0.25, 0.3) is 5.70 Å². The summed E-state index contributed by atoms with van der Waals surface area (Å²) in [5.74, 6) is 0.668. The lowest BCUT2D eigenvalue weighted by atomic mass is 10.1. The van der Waals surface area contributed by atoms with Crippen LogP contribution in [0.15, 0.2) is 58.1 Å². The van der Waals surface area contributed by atoms with Gasteiger partial charge in [-0.25, -0.2) is 0 Å². The summed E-state index contributed by atoms with van der Waals surface area (Å²) < 4.78 is 5.22. The molecule has 0 unspecified atom stereocenters. The van der Waals surface area contributed by atoms with Crippen LogP contribution in [-0.2, 0) is 6.42 Å². The van der Waals surface area contributed by atoms with E-state index >= 15 is 0 Å². The fourth-order valence-corrected chi connectivity index (χ4v) is 1.75. The number of allylic oxidation sites excluding steroid dienone is 1. The first-order chi connectivity index (χ1) is 7.77. The highest BCUT2D eigenvalue weighted by atomic mass is 32.1. The van der Waals surface area contributed by atoms with Crippen LogP contribution in [0, 0.1) is 0 Å². The number of rotatable bonds is 3. The molecule has 0 atom stereocenters. The molecule has 2 N–H and O–H groups in total. The topological polar surface area (TPSA) is 39.2 Å². The number of hydrogen-bond acceptors (Lipinski definition) is 3. The van der Waals surface area contributed by atoms with Gasteiger partial charge in [0.25, 0.3) is 0 Å². The summed E-state index contributed by atoms with van der Waals surface area (Å²) in [7, 11) is 0. The van der Waals surface area contributed by atoms with E-state index in [4.69, 9.17) is 10.2 Å². The molecule has 1 aromatic carbocycles. The molecule has 2 rings (SSSR count). The largest absolute Gasteiger partial charge is 0.463 e. The van der Waals surface area contributed by atoms with Crippen molar-refractivity contribution in [3.63, 3.8) is 0 Å². The lowest BCUT2D eigenvalue weighted by Crippen LogP contribution is -1.99. The highest BCUT2D eigenvalue weighted by molar-refractivity contribution is 7.84. The third kappa shape index (κ3) is 2.49. The molecule has 0 amide bonds. The van der Waals surface area contributed by atoms with E-state index in [1.165, 1.54) is 5.56 Å². The third-order valence-electron chi connectivity index (χ3n) is 2.31. The van der Waals surface area contributed by atoms with Gasteiger partial charge in [-0.2, -0.15) is 0 Å². The Balaban J connectivity index is 2.19. The first kappa shape index (κ1) is 10.9. The molecule has 0 spiro atoms. The second kappa shape index (κ2) is 4.94. The predicted octanol–water partition coefficient (Wildman–Crippen LogP) is 3.08. The predicted molar refractivity (Wildman–Crippen MR) is 68.9 cm³/mol. The summed E-state index contributed by atoms with van der Waals surface area (Å²) in [4.78, 5) is 0.821. The van der Waals surface area contributed by atoms with Crippen molar-refractivity contribution in [3.8, 4) is 0 Å². The van der Waals surface area contributed by atoms with Crippen LogP contribution >= 0.6 is 12.6 Å². The molecule has 0 aliphatic rings. The number of hydrogen-bond donors (Lipinski definition) is 2. The van der Waals surface area contributed by atoms with E-state index in [-0.39, 0.29) is 0 Å². The molecule has 0 saturated carbocycles. The van der Waals surface area contributed by atoms with Gasteiger partial charge in [0.15, 0.2) is 0 Å². The van der Waals surface area contributed by atoms with Gasteiger partial charge in [-0.3, -0.25) is 0 Å². The molecule has 2 aromatic rings. The van der Waals surface area contributed by atoms with E-state index in [1.54, 1.807) is 6.26 Å². The van der Waals surface area contributed by atoms with Gasteiger partial charge in [-0.05, 0) is 17.7 Å². The summed E-state index contributed by atoms with van der Waals surface area (Å²) in [5, 5.41) is 0. The van der Waals surface area contributed by atoms with Crippen molar-refractivity contribution < 1.29 is 4.42 Å². The molecule has 0 aliphatic heterocycles. The Labute approximate surface area is 100 Å². The molecule has 0 bridgehead atoms. The molecule has 82 valence electrons. The quantitative estimate of drug-likeness (QED) is 0.797. The molecular formula is C13H13NOS.